The standard InChI is InChI=1S/C14H20BrN3O/c1-17-12-3-2-8-18(9-12)13(14(16)19)10-4-6-11(15)7-5-10/h4-7,12-13,17H,2-3,8-9H2,1H3,(H2,16,19). The fraction of sp³-hybridized carbons (Fsp3) is 0.500. The van der Waals surface area contributed by atoms with Crippen molar-refractivity contribution in [3.8, 4) is 0 Å². The molecule has 19 heavy (non-hydrogen) atoms. The largest absolute Gasteiger partial charge is 0.368 e. The van der Waals surface area contributed by atoms with E-state index in [1.807, 2.05) is 31.3 Å². The second kappa shape index (κ2) is 6.50. The molecule has 0 radical (unpaired) electrons. The number of primary amides is 1. The molecule has 3 N–H and O–H groups in total. The van der Waals surface area contributed by atoms with Gasteiger partial charge in [0, 0.05) is 17.1 Å². The molecule has 1 aliphatic rings. The zero-order valence-electron chi connectivity index (χ0n) is 11.1. The number of halogens is 1. The first-order valence-corrected chi connectivity index (χ1v) is 7.37. The molecule has 1 aliphatic heterocycles. The van der Waals surface area contributed by atoms with Crippen LogP contribution in [-0.4, -0.2) is 37.0 Å². The number of carbonyl (C=O) groups excluding carboxylic acids is 1. The van der Waals surface area contributed by atoms with Crippen molar-refractivity contribution in [3.05, 3.63) is 34.3 Å². The fourth-order valence-corrected chi connectivity index (χ4v) is 2.94. The van der Waals surface area contributed by atoms with Crippen LogP contribution in [0.4, 0.5) is 0 Å². The Bertz CT molecular complexity index is 435. The first-order valence-electron chi connectivity index (χ1n) is 6.58. The highest BCUT2D eigenvalue weighted by atomic mass is 79.9. The minimum absolute atomic E-state index is 0.279. The second-order valence-electron chi connectivity index (χ2n) is 4.98. The molecule has 1 amide bonds. The van der Waals surface area contributed by atoms with Crippen LogP contribution in [0.15, 0.2) is 28.7 Å². The van der Waals surface area contributed by atoms with Crippen molar-refractivity contribution in [2.24, 2.45) is 5.73 Å². The number of likely N-dealkylation sites (tertiary alicyclic amines) is 1. The molecule has 2 unspecified atom stereocenters. The predicted molar refractivity (Wildman–Crippen MR) is 79.7 cm³/mol. The maximum Gasteiger partial charge on any atom is 0.239 e. The Balaban J connectivity index is 2.20. The Morgan fingerprint density at radius 3 is 2.74 bits per heavy atom. The average Bonchev–Trinajstić information content (AvgIpc) is 2.41. The molecule has 1 aromatic carbocycles. The molecular formula is C14H20BrN3O. The van der Waals surface area contributed by atoms with Crippen LogP contribution in [0.5, 0.6) is 0 Å². The first-order chi connectivity index (χ1) is 9.11. The highest BCUT2D eigenvalue weighted by Gasteiger charge is 2.29. The minimum Gasteiger partial charge on any atom is -0.368 e. The molecule has 1 heterocycles. The second-order valence-corrected chi connectivity index (χ2v) is 5.89. The molecule has 104 valence electrons. The van der Waals surface area contributed by atoms with Gasteiger partial charge in [0.05, 0.1) is 0 Å². The van der Waals surface area contributed by atoms with Crippen molar-refractivity contribution in [1.29, 1.82) is 0 Å². The average molecular weight is 326 g/mol. The van der Waals surface area contributed by atoms with Gasteiger partial charge in [0.15, 0.2) is 0 Å². The number of amides is 1. The van der Waals surface area contributed by atoms with Crippen molar-refractivity contribution in [3.63, 3.8) is 0 Å². The number of hydrogen-bond acceptors (Lipinski definition) is 3. The SMILES string of the molecule is CNC1CCCN(C(C(N)=O)c2ccc(Br)cc2)C1. The minimum atomic E-state index is -0.329. The monoisotopic (exact) mass is 325 g/mol. The van der Waals surface area contributed by atoms with E-state index < -0.39 is 0 Å². The van der Waals surface area contributed by atoms with Gasteiger partial charge in [0.25, 0.3) is 0 Å². The van der Waals surface area contributed by atoms with Crippen LogP contribution < -0.4 is 11.1 Å². The molecule has 5 heteroatoms. The van der Waals surface area contributed by atoms with E-state index in [-0.39, 0.29) is 11.9 Å². The molecule has 4 nitrogen and oxygen atoms in total. The molecule has 0 aliphatic carbocycles. The van der Waals surface area contributed by atoms with E-state index in [1.54, 1.807) is 0 Å². The van der Waals surface area contributed by atoms with Crippen molar-refractivity contribution in [1.82, 2.24) is 10.2 Å². The van der Waals surface area contributed by atoms with E-state index in [2.05, 4.69) is 26.1 Å². The van der Waals surface area contributed by atoms with Gasteiger partial charge >= 0.3 is 0 Å². The summed E-state index contributed by atoms with van der Waals surface area (Å²) in [5.41, 5.74) is 6.58. The van der Waals surface area contributed by atoms with Crippen LogP contribution in [0.3, 0.4) is 0 Å². The predicted octanol–water partition coefficient (Wildman–Crippen LogP) is 1.66. The lowest BCUT2D eigenvalue weighted by atomic mass is 9.99. The quantitative estimate of drug-likeness (QED) is 0.885. The van der Waals surface area contributed by atoms with Gasteiger partial charge in [-0.2, -0.15) is 0 Å². The number of carbonyl (C=O) groups is 1. The number of benzene rings is 1. The third-order valence-electron chi connectivity index (χ3n) is 3.68. The van der Waals surface area contributed by atoms with E-state index in [1.165, 1.54) is 0 Å². The Morgan fingerprint density at radius 2 is 2.16 bits per heavy atom. The van der Waals surface area contributed by atoms with E-state index >= 15 is 0 Å². The lowest BCUT2D eigenvalue weighted by Gasteiger charge is -2.37. The smallest absolute Gasteiger partial charge is 0.239 e. The summed E-state index contributed by atoms with van der Waals surface area (Å²) in [6, 6.07) is 7.93. The normalized spacial score (nSPS) is 22.1. The molecule has 0 saturated carbocycles. The summed E-state index contributed by atoms with van der Waals surface area (Å²) in [7, 11) is 1.97. The van der Waals surface area contributed by atoms with Crippen molar-refractivity contribution >= 4 is 21.8 Å². The number of nitrogens with two attached hydrogens (primary N) is 1. The lowest BCUT2D eigenvalue weighted by molar-refractivity contribution is -0.124. The van der Waals surface area contributed by atoms with Crippen LogP contribution >= 0.6 is 15.9 Å². The summed E-state index contributed by atoms with van der Waals surface area (Å²) in [5.74, 6) is -0.279. The zero-order chi connectivity index (χ0) is 13.8. The summed E-state index contributed by atoms with van der Waals surface area (Å²) in [6.45, 7) is 1.78. The van der Waals surface area contributed by atoms with Crippen molar-refractivity contribution in [2.75, 3.05) is 20.1 Å². The third kappa shape index (κ3) is 3.55. The molecule has 1 aromatic rings. The van der Waals surface area contributed by atoms with E-state index in [9.17, 15) is 4.79 Å². The summed E-state index contributed by atoms with van der Waals surface area (Å²) < 4.78 is 1.01. The molecule has 1 fully saturated rings. The molecule has 0 bridgehead atoms. The van der Waals surface area contributed by atoms with Crippen LogP contribution in [0, 0.1) is 0 Å². The fourth-order valence-electron chi connectivity index (χ4n) is 2.68. The molecule has 2 atom stereocenters. The first kappa shape index (κ1) is 14.5. The van der Waals surface area contributed by atoms with E-state index in [0.29, 0.717) is 6.04 Å². The van der Waals surface area contributed by atoms with Gasteiger partial charge in [-0.05, 0) is 44.1 Å². The van der Waals surface area contributed by atoms with Crippen LogP contribution in [0.1, 0.15) is 24.4 Å². The Labute approximate surface area is 122 Å². The number of nitrogens with one attached hydrogen (secondary N) is 1. The maximum absolute atomic E-state index is 11.8. The third-order valence-corrected chi connectivity index (χ3v) is 4.21. The highest BCUT2D eigenvalue weighted by molar-refractivity contribution is 9.10. The van der Waals surface area contributed by atoms with Gasteiger partial charge in [-0.25, -0.2) is 0 Å². The number of rotatable bonds is 4. The van der Waals surface area contributed by atoms with Crippen molar-refractivity contribution < 1.29 is 4.79 Å². The van der Waals surface area contributed by atoms with E-state index in [0.717, 1.165) is 36.0 Å². The topological polar surface area (TPSA) is 58.4 Å². The van der Waals surface area contributed by atoms with Crippen molar-refractivity contribution in [2.45, 2.75) is 24.9 Å². The zero-order valence-corrected chi connectivity index (χ0v) is 12.7. The van der Waals surface area contributed by atoms with Crippen LogP contribution in [0.2, 0.25) is 0 Å². The summed E-state index contributed by atoms with van der Waals surface area (Å²) in [6.07, 6.45) is 2.24. The molecule has 0 aromatic heterocycles. The maximum atomic E-state index is 11.8. The van der Waals surface area contributed by atoms with Gasteiger partial charge < -0.3 is 11.1 Å². The van der Waals surface area contributed by atoms with Gasteiger partial charge in [-0.3, -0.25) is 9.69 Å². The lowest BCUT2D eigenvalue weighted by Crippen LogP contribution is -2.48. The Kier molecular flexibility index (Phi) is 4.96. The molecule has 0 spiro atoms. The molecule has 1 saturated heterocycles. The summed E-state index contributed by atoms with van der Waals surface area (Å²) >= 11 is 3.41. The van der Waals surface area contributed by atoms with Gasteiger partial charge in [0.1, 0.15) is 6.04 Å². The van der Waals surface area contributed by atoms with E-state index in [4.69, 9.17) is 5.73 Å². The van der Waals surface area contributed by atoms with Crippen LogP contribution in [0.25, 0.3) is 0 Å². The number of nitrogens with zero attached hydrogens (tertiary/aromatic N) is 1. The Hall–Kier alpha value is -0.910. The van der Waals surface area contributed by atoms with Gasteiger partial charge in [-0.15, -0.1) is 0 Å². The number of piperidine rings is 1. The van der Waals surface area contributed by atoms with Gasteiger partial charge in [-0.1, -0.05) is 28.1 Å². The number of likely N-dealkylation sites (N-methyl/N-ethyl adjacent to an activating group) is 1. The van der Waals surface area contributed by atoms with Gasteiger partial charge in [0.2, 0.25) is 5.91 Å². The van der Waals surface area contributed by atoms with Crippen LogP contribution in [-0.2, 0) is 4.79 Å². The molecule has 2 rings (SSSR count). The molecular weight excluding hydrogens is 306 g/mol. The summed E-state index contributed by atoms with van der Waals surface area (Å²) in [5, 5.41) is 3.29. The number of hydrogen-bond donors (Lipinski definition) is 2. The Morgan fingerprint density at radius 1 is 1.47 bits per heavy atom. The highest BCUT2D eigenvalue weighted by Crippen LogP contribution is 2.25. The summed E-state index contributed by atoms with van der Waals surface area (Å²) in [4.78, 5) is 14.0.